The lowest BCUT2D eigenvalue weighted by Gasteiger charge is -2.37. The highest BCUT2D eigenvalue weighted by Gasteiger charge is 2.39. The van der Waals surface area contributed by atoms with E-state index in [0.717, 1.165) is 33.3 Å². The van der Waals surface area contributed by atoms with Gasteiger partial charge >= 0.3 is 0 Å². The number of nitrogens with zero attached hydrogens (tertiary/aromatic N) is 2. The van der Waals surface area contributed by atoms with Crippen LogP contribution in [0.2, 0.25) is 0 Å². The second kappa shape index (κ2) is 12.2. The van der Waals surface area contributed by atoms with E-state index >= 15 is 0 Å². The Morgan fingerprint density at radius 3 is 1.93 bits per heavy atom. The summed E-state index contributed by atoms with van der Waals surface area (Å²) in [6.07, 6.45) is 3.99. The van der Waals surface area contributed by atoms with Crippen LogP contribution < -0.4 is 5.32 Å². The van der Waals surface area contributed by atoms with Crippen LogP contribution in [0.15, 0.2) is 134 Å². The van der Waals surface area contributed by atoms with Crippen molar-refractivity contribution < 1.29 is 15.0 Å². The SMILES string of the molecule is CNC(=O)c1c(O)ccc2cc(C(c3cn(C(c4ccccc4)(c4ccccc4)c4ccccc4)cn3)C(C)CO)ccc12. The first-order valence-electron chi connectivity index (χ1n) is 14.8. The van der Waals surface area contributed by atoms with Crippen molar-refractivity contribution in [2.75, 3.05) is 13.7 Å². The van der Waals surface area contributed by atoms with E-state index in [1.54, 1.807) is 13.1 Å². The molecule has 6 heteroatoms. The standard InChI is InChI=1S/C38H35N3O3/c1-26(24-42)35(28-18-20-32-27(22-28)19-21-34(43)36(32)37(44)39-2)33-23-41(25-40-33)38(29-12-6-3-7-13-29,30-14-8-4-9-15-30)31-16-10-5-11-17-31/h3-23,25-26,35,42-43H,24H2,1-2H3,(H,39,44). The number of imidazole rings is 1. The van der Waals surface area contributed by atoms with Gasteiger partial charge in [-0.2, -0.15) is 0 Å². The molecule has 6 aromatic rings. The molecule has 2 atom stereocenters. The van der Waals surface area contributed by atoms with E-state index in [4.69, 9.17) is 4.98 Å². The Bertz CT molecular complexity index is 1790. The third-order valence-electron chi connectivity index (χ3n) is 8.58. The number of rotatable bonds is 9. The molecule has 0 fully saturated rings. The second-order valence-corrected chi connectivity index (χ2v) is 11.2. The number of hydrogen-bond acceptors (Lipinski definition) is 4. The quantitative estimate of drug-likeness (QED) is 0.166. The zero-order valence-corrected chi connectivity index (χ0v) is 24.8. The number of carbonyl (C=O) groups excluding carboxylic acids is 1. The van der Waals surface area contributed by atoms with Gasteiger partial charge in [-0.25, -0.2) is 4.98 Å². The molecule has 0 spiro atoms. The van der Waals surface area contributed by atoms with Crippen molar-refractivity contribution in [3.63, 3.8) is 0 Å². The minimum Gasteiger partial charge on any atom is -0.507 e. The number of amides is 1. The summed E-state index contributed by atoms with van der Waals surface area (Å²) in [4.78, 5) is 17.6. The zero-order chi connectivity index (χ0) is 30.7. The normalized spacial score (nSPS) is 13.0. The minimum absolute atomic E-state index is 0.0319. The van der Waals surface area contributed by atoms with Crippen molar-refractivity contribution in [3.05, 3.63) is 167 Å². The molecule has 44 heavy (non-hydrogen) atoms. The zero-order valence-electron chi connectivity index (χ0n) is 24.8. The maximum atomic E-state index is 12.6. The lowest BCUT2D eigenvalue weighted by molar-refractivity contribution is 0.0962. The van der Waals surface area contributed by atoms with E-state index in [2.05, 4.69) is 88.9 Å². The molecule has 220 valence electrons. The second-order valence-electron chi connectivity index (χ2n) is 11.2. The van der Waals surface area contributed by atoms with Gasteiger partial charge in [0.25, 0.3) is 5.91 Å². The number of carbonyl (C=O) groups is 1. The topological polar surface area (TPSA) is 87.4 Å². The van der Waals surface area contributed by atoms with Gasteiger partial charge in [-0.1, -0.05) is 122 Å². The summed E-state index contributed by atoms with van der Waals surface area (Å²) in [6.45, 7) is 1.98. The monoisotopic (exact) mass is 581 g/mol. The van der Waals surface area contributed by atoms with Crippen LogP contribution in [0.4, 0.5) is 0 Å². The highest BCUT2D eigenvalue weighted by molar-refractivity contribution is 6.09. The first kappa shape index (κ1) is 28.9. The van der Waals surface area contributed by atoms with Gasteiger partial charge in [-0.05, 0) is 45.0 Å². The smallest absolute Gasteiger partial charge is 0.255 e. The van der Waals surface area contributed by atoms with Gasteiger partial charge in [0.15, 0.2) is 0 Å². The largest absolute Gasteiger partial charge is 0.507 e. The highest BCUT2D eigenvalue weighted by Crippen LogP contribution is 2.42. The van der Waals surface area contributed by atoms with Crippen molar-refractivity contribution >= 4 is 16.7 Å². The summed E-state index contributed by atoms with van der Waals surface area (Å²) in [5.41, 5.74) is 4.61. The summed E-state index contributed by atoms with van der Waals surface area (Å²) in [5, 5.41) is 24.9. The Kier molecular flexibility index (Phi) is 8.01. The summed E-state index contributed by atoms with van der Waals surface area (Å²) >= 11 is 0. The summed E-state index contributed by atoms with van der Waals surface area (Å²) in [6, 6.07) is 40.5. The maximum Gasteiger partial charge on any atom is 0.255 e. The number of aromatic nitrogens is 2. The van der Waals surface area contributed by atoms with Crippen molar-refractivity contribution in [3.8, 4) is 5.75 Å². The number of nitrogens with one attached hydrogen (secondary N) is 1. The van der Waals surface area contributed by atoms with Crippen LogP contribution in [0.1, 0.15) is 51.1 Å². The van der Waals surface area contributed by atoms with E-state index in [1.807, 2.05) is 55.7 Å². The first-order chi connectivity index (χ1) is 21.5. The predicted molar refractivity (Wildman–Crippen MR) is 174 cm³/mol. The molecule has 0 aliphatic heterocycles. The number of aromatic hydroxyl groups is 1. The van der Waals surface area contributed by atoms with Gasteiger partial charge in [0.2, 0.25) is 0 Å². The Morgan fingerprint density at radius 2 is 1.41 bits per heavy atom. The molecule has 1 aromatic heterocycles. The summed E-state index contributed by atoms with van der Waals surface area (Å²) in [7, 11) is 1.55. The van der Waals surface area contributed by atoms with Gasteiger partial charge in [0.05, 0.1) is 17.6 Å². The third-order valence-corrected chi connectivity index (χ3v) is 8.58. The average molecular weight is 582 g/mol. The number of phenols is 1. The molecule has 1 heterocycles. The summed E-state index contributed by atoms with van der Waals surface area (Å²) in [5.74, 6) is -0.796. The number of fused-ring (bicyclic) bond motifs is 1. The number of aliphatic hydroxyl groups is 1. The van der Waals surface area contributed by atoms with Gasteiger partial charge in [-0.3, -0.25) is 4.79 Å². The van der Waals surface area contributed by atoms with Crippen molar-refractivity contribution in [2.45, 2.75) is 18.4 Å². The fourth-order valence-corrected chi connectivity index (χ4v) is 6.46. The van der Waals surface area contributed by atoms with Crippen molar-refractivity contribution in [1.29, 1.82) is 0 Å². The molecule has 2 unspecified atom stereocenters. The molecule has 0 saturated heterocycles. The van der Waals surface area contributed by atoms with E-state index in [-0.39, 0.29) is 35.7 Å². The van der Waals surface area contributed by atoms with Crippen LogP contribution in [-0.2, 0) is 5.54 Å². The van der Waals surface area contributed by atoms with E-state index in [1.165, 1.54) is 0 Å². The van der Waals surface area contributed by atoms with Crippen LogP contribution in [0.25, 0.3) is 10.8 Å². The molecular formula is C38H35N3O3. The molecule has 0 aliphatic rings. The molecule has 5 aromatic carbocycles. The fraction of sp³-hybridized carbons (Fsp3) is 0.158. The van der Waals surface area contributed by atoms with Gasteiger partial charge < -0.3 is 20.1 Å². The third kappa shape index (κ3) is 4.93. The number of aliphatic hydroxyl groups excluding tert-OH is 1. The van der Waals surface area contributed by atoms with Gasteiger partial charge in [-0.15, -0.1) is 0 Å². The Hall–Kier alpha value is -5.20. The molecule has 0 saturated carbocycles. The van der Waals surface area contributed by atoms with E-state index in [9.17, 15) is 15.0 Å². The Labute approximate surface area is 257 Å². The highest BCUT2D eigenvalue weighted by atomic mass is 16.3. The van der Waals surface area contributed by atoms with Crippen LogP contribution >= 0.6 is 0 Å². The Balaban J connectivity index is 1.55. The fourth-order valence-electron chi connectivity index (χ4n) is 6.46. The van der Waals surface area contributed by atoms with Crippen LogP contribution in [-0.4, -0.2) is 39.3 Å². The van der Waals surface area contributed by atoms with E-state index < -0.39 is 5.54 Å². The maximum absolute atomic E-state index is 12.6. The van der Waals surface area contributed by atoms with Gasteiger partial charge in [0.1, 0.15) is 11.3 Å². The average Bonchev–Trinajstić information content (AvgIpc) is 3.56. The molecule has 3 N–H and O–H groups in total. The number of benzene rings is 5. The number of hydrogen-bond donors (Lipinski definition) is 3. The Morgan fingerprint density at radius 1 is 0.841 bits per heavy atom. The number of phenolic OH excluding ortho intramolecular Hbond substituents is 1. The lowest BCUT2D eigenvalue weighted by atomic mass is 9.76. The summed E-state index contributed by atoms with van der Waals surface area (Å²) < 4.78 is 2.18. The lowest BCUT2D eigenvalue weighted by Crippen LogP contribution is -2.37. The van der Waals surface area contributed by atoms with Crippen molar-refractivity contribution in [2.24, 2.45) is 5.92 Å². The van der Waals surface area contributed by atoms with Gasteiger partial charge in [0, 0.05) is 25.8 Å². The molecule has 6 nitrogen and oxygen atoms in total. The van der Waals surface area contributed by atoms with Crippen molar-refractivity contribution in [1.82, 2.24) is 14.9 Å². The first-order valence-corrected chi connectivity index (χ1v) is 14.8. The molecule has 0 aliphatic carbocycles. The minimum atomic E-state index is -0.703. The molecule has 0 radical (unpaired) electrons. The van der Waals surface area contributed by atoms with E-state index in [0.29, 0.717) is 5.39 Å². The van der Waals surface area contributed by atoms with Crippen LogP contribution in [0, 0.1) is 5.92 Å². The molecular weight excluding hydrogens is 546 g/mol. The molecule has 1 amide bonds. The predicted octanol–water partition coefficient (Wildman–Crippen LogP) is 6.70. The molecule has 6 rings (SSSR count). The molecule has 0 bridgehead atoms. The van der Waals surface area contributed by atoms with Crippen LogP contribution in [0.5, 0.6) is 5.75 Å². The van der Waals surface area contributed by atoms with Crippen LogP contribution in [0.3, 0.4) is 0 Å².